The second kappa shape index (κ2) is 4.72. The van der Waals surface area contributed by atoms with Crippen LogP contribution in [-0.4, -0.2) is 12.2 Å². The van der Waals surface area contributed by atoms with Crippen molar-refractivity contribution >= 4 is 15.9 Å². The second-order valence-corrected chi connectivity index (χ2v) is 3.99. The number of rotatable bonds is 3. The van der Waals surface area contributed by atoms with Crippen LogP contribution in [-0.2, 0) is 6.42 Å². The summed E-state index contributed by atoms with van der Waals surface area (Å²) < 4.78 is 13.8. The third-order valence-corrected chi connectivity index (χ3v) is 2.78. The molecule has 0 fully saturated rings. The minimum absolute atomic E-state index is 0.418. The molecule has 0 radical (unpaired) electrons. The zero-order chi connectivity index (χ0) is 9.84. The predicted molar refractivity (Wildman–Crippen MR) is 56.4 cm³/mol. The highest BCUT2D eigenvalue weighted by molar-refractivity contribution is 9.10. The van der Waals surface area contributed by atoms with E-state index in [4.69, 9.17) is 5.73 Å². The van der Waals surface area contributed by atoms with Gasteiger partial charge in [-0.25, -0.2) is 4.39 Å². The number of halogens is 2. The van der Waals surface area contributed by atoms with Crippen LogP contribution in [0, 0.1) is 0 Å². The lowest BCUT2D eigenvalue weighted by Gasteiger charge is -2.13. The maximum absolute atomic E-state index is 12.8. The largest absolute Gasteiger partial charge is 0.325 e. The molecule has 2 unspecified atom stereocenters. The predicted octanol–water partition coefficient (Wildman–Crippen LogP) is 2.68. The summed E-state index contributed by atoms with van der Waals surface area (Å²) in [6.07, 6.45) is -0.397. The molecule has 0 amide bonds. The van der Waals surface area contributed by atoms with E-state index in [1.54, 1.807) is 0 Å². The fourth-order valence-corrected chi connectivity index (χ4v) is 1.53. The average molecular weight is 246 g/mol. The standard InChI is InChI=1S/C10H13BrFN/c1-7(12)10(13)6-8-4-2-3-5-9(8)11/h2-5,7,10H,6,13H2,1H3. The van der Waals surface area contributed by atoms with Gasteiger partial charge in [-0.15, -0.1) is 0 Å². The topological polar surface area (TPSA) is 26.0 Å². The molecule has 1 aromatic rings. The molecule has 0 aliphatic heterocycles. The van der Waals surface area contributed by atoms with E-state index in [0.29, 0.717) is 6.42 Å². The number of hydrogen-bond donors (Lipinski definition) is 1. The molecule has 2 N–H and O–H groups in total. The van der Waals surface area contributed by atoms with Crippen LogP contribution in [0.4, 0.5) is 4.39 Å². The van der Waals surface area contributed by atoms with Crippen LogP contribution in [0.15, 0.2) is 28.7 Å². The zero-order valence-electron chi connectivity index (χ0n) is 7.50. The molecule has 0 bridgehead atoms. The first-order valence-electron chi connectivity index (χ1n) is 4.24. The molecule has 0 saturated carbocycles. The van der Waals surface area contributed by atoms with E-state index in [1.165, 1.54) is 6.92 Å². The van der Waals surface area contributed by atoms with Crippen molar-refractivity contribution in [3.05, 3.63) is 34.3 Å². The summed E-state index contributed by atoms with van der Waals surface area (Å²) in [6, 6.07) is 7.32. The Balaban J connectivity index is 2.69. The first kappa shape index (κ1) is 10.7. The van der Waals surface area contributed by atoms with Gasteiger partial charge in [-0.1, -0.05) is 34.1 Å². The molecule has 1 rings (SSSR count). The lowest BCUT2D eigenvalue weighted by atomic mass is 10.0. The molecule has 1 aromatic carbocycles. The Morgan fingerprint density at radius 1 is 1.46 bits per heavy atom. The Hall–Kier alpha value is -0.410. The first-order valence-corrected chi connectivity index (χ1v) is 5.03. The van der Waals surface area contributed by atoms with E-state index in [2.05, 4.69) is 15.9 Å². The quantitative estimate of drug-likeness (QED) is 0.871. The highest BCUT2D eigenvalue weighted by Crippen LogP contribution is 2.18. The van der Waals surface area contributed by atoms with Gasteiger partial charge < -0.3 is 5.73 Å². The van der Waals surface area contributed by atoms with Gasteiger partial charge in [0.2, 0.25) is 0 Å². The van der Waals surface area contributed by atoms with Gasteiger partial charge in [0.25, 0.3) is 0 Å². The third kappa shape index (κ3) is 3.08. The summed E-state index contributed by atoms with van der Waals surface area (Å²) in [7, 11) is 0. The van der Waals surface area contributed by atoms with Crippen molar-refractivity contribution in [1.82, 2.24) is 0 Å². The summed E-state index contributed by atoms with van der Waals surface area (Å²) in [5.74, 6) is 0. The lowest BCUT2D eigenvalue weighted by molar-refractivity contribution is 0.304. The third-order valence-electron chi connectivity index (χ3n) is 2.00. The van der Waals surface area contributed by atoms with Gasteiger partial charge in [-0.3, -0.25) is 0 Å². The number of nitrogens with two attached hydrogens (primary N) is 1. The molecule has 0 aromatic heterocycles. The summed E-state index contributed by atoms with van der Waals surface area (Å²) in [5.41, 5.74) is 6.68. The fraction of sp³-hybridized carbons (Fsp3) is 0.400. The van der Waals surface area contributed by atoms with E-state index in [9.17, 15) is 4.39 Å². The van der Waals surface area contributed by atoms with Gasteiger partial charge in [-0.05, 0) is 25.0 Å². The average Bonchev–Trinajstić information content (AvgIpc) is 2.08. The maximum atomic E-state index is 12.8. The molecular weight excluding hydrogens is 233 g/mol. The van der Waals surface area contributed by atoms with Gasteiger partial charge in [0, 0.05) is 10.5 Å². The highest BCUT2D eigenvalue weighted by atomic mass is 79.9. The van der Waals surface area contributed by atoms with Crippen molar-refractivity contribution in [3.8, 4) is 0 Å². The van der Waals surface area contributed by atoms with Crippen LogP contribution in [0.3, 0.4) is 0 Å². The number of benzene rings is 1. The van der Waals surface area contributed by atoms with Crippen molar-refractivity contribution in [2.24, 2.45) is 5.73 Å². The van der Waals surface area contributed by atoms with Crippen molar-refractivity contribution < 1.29 is 4.39 Å². The Morgan fingerprint density at radius 2 is 2.08 bits per heavy atom. The van der Waals surface area contributed by atoms with Gasteiger partial charge in [0.1, 0.15) is 6.17 Å². The first-order chi connectivity index (χ1) is 6.11. The molecule has 0 aliphatic rings. The van der Waals surface area contributed by atoms with Crippen molar-refractivity contribution in [2.75, 3.05) is 0 Å². The number of alkyl halides is 1. The van der Waals surface area contributed by atoms with E-state index >= 15 is 0 Å². The fourth-order valence-electron chi connectivity index (χ4n) is 1.08. The van der Waals surface area contributed by atoms with Gasteiger partial charge in [0.05, 0.1) is 0 Å². The van der Waals surface area contributed by atoms with E-state index in [0.717, 1.165) is 10.0 Å². The Kier molecular flexibility index (Phi) is 3.88. The second-order valence-electron chi connectivity index (χ2n) is 3.14. The van der Waals surface area contributed by atoms with E-state index in [-0.39, 0.29) is 0 Å². The van der Waals surface area contributed by atoms with Crippen LogP contribution in [0.2, 0.25) is 0 Å². The highest BCUT2D eigenvalue weighted by Gasteiger charge is 2.12. The normalized spacial score (nSPS) is 15.4. The Bertz CT molecular complexity index is 275. The summed E-state index contributed by atoms with van der Waals surface area (Å²) >= 11 is 3.40. The summed E-state index contributed by atoms with van der Waals surface area (Å²) in [6.45, 7) is 1.49. The summed E-state index contributed by atoms with van der Waals surface area (Å²) in [5, 5.41) is 0. The van der Waals surface area contributed by atoms with E-state index in [1.807, 2.05) is 24.3 Å². The maximum Gasteiger partial charge on any atom is 0.113 e. The smallest absolute Gasteiger partial charge is 0.113 e. The SMILES string of the molecule is CC(F)C(N)Cc1ccccc1Br. The van der Waals surface area contributed by atoms with Crippen LogP contribution in [0.25, 0.3) is 0 Å². The molecule has 72 valence electrons. The lowest BCUT2D eigenvalue weighted by Crippen LogP contribution is -2.31. The Labute approximate surface area is 86.3 Å². The molecule has 13 heavy (non-hydrogen) atoms. The molecule has 2 atom stereocenters. The van der Waals surface area contributed by atoms with Crippen LogP contribution in [0.5, 0.6) is 0 Å². The van der Waals surface area contributed by atoms with Gasteiger partial charge in [0.15, 0.2) is 0 Å². The van der Waals surface area contributed by atoms with Crippen LogP contribution in [0.1, 0.15) is 12.5 Å². The van der Waals surface area contributed by atoms with Gasteiger partial charge >= 0.3 is 0 Å². The van der Waals surface area contributed by atoms with E-state index < -0.39 is 12.2 Å². The van der Waals surface area contributed by atoms with Crippen LogP contribution < -0.4 is 5.73 Å². The summed E-state index contributed by atoms with van der Waals surface area (Å²) in [4.78, 5) is 0. The Morgan fingerprint density at radius 3 is 2.62 bits per heavy atom. The molecule has 0 saturated heterocycles. The molecule has 0 spiro atoms. The molecule has 0 heterocycles. The minimum Gasteiger partial charge on any atom is -0.325 e. The van der Waals surface area contributed by atoms with Crippen molar-refractivity contribution in [2.45, 2.75) is 25.6 Å². The monoisotopic (exact) mass is 245 g/mol. The van der Waals surface area contributed by atoms with Gasteiger partial charge in [-0.2, -0.15) is 0 Å². The van der Waals surface area contributed by atoms with Crippen LogP contribution >= 0.6 is 15.9 Å². The molecule has 3 heteroatoms. The number of hydrogen-bond acceptors (Lipinski definition) is 1. The molecule has 0 aliphatic carbocycles. The van der Waals surface area contributed by atoms with Crippen molar-refractivity contribution in [3.63, 3.8) is 0 Å². The molecule has 1 nitrogen and oxygen atoms in total. The zero-order valence-corrected chi connectivity index (χ0v) is 9.09. The van der Waals surface area contributed by atoms with Crippen molar-refractivity contribution in [1.29, 1.82) is 0 Å². The molecular formula is C10H13BrFN. The minimum atomic E-state index is -0.966.